The van der Waals surface area contributed by atoms with E-state index in [2.05, 4.69) is 25.7 Å². The number of Topliss-reactive ketones (excluding diaryl/α,β-unsaturated/α-hetero) is 1. The molecule has 0 saturated heterocycles. The first-order valence-electron chi connectivity index (χ1n) is 12.8. The first kappa shape index (κ1) is 26.1. The van der Waals surface area contributed by atoms with E-state index >= 15 is 0 Å². The number of ketones is 1. The molecule has 4 aromatic rings. The second kappa shape index (κ2) is 12.0. The molecule has 11 nitrogen and oxygen atoms in total. The second-order valence-corrected chi connectivity index (χ2v) is 11.5. The molecule has 2 aromatic carbocycles. The number of unbranched alkanes of at least 4 members (excludes halogenated alkanes) is 1. The fourth-order valence-electron chi connectivity index (χ4n) is 4.33. The molecule has 2 aliphatic rings. The van der Waals surface area contributed by atoms with Gasteiger partial charge in [-0.15, -0.1) is 31.7 Å². The third-order valence-corrected chi connectivity index (χ3v) is 8.12. The van der Waals surface area contributed by atoms with E-state index in [9.17, 15) is 9.59 Å². The highest BCUT2D eigenvalue weighted by Crippen LogP contribution is 2.33. The Morgan fingerprint density at radius 3 is 1.95 bits per heavy atom. The highest BCUT2D eigenvalue weighted by Gasteiger charge is 2.17. The van der Waals surface area contributed by atoms with E-state index in [-0.39, 0.29) is 38.1 Å². The highest BCUT2D eigenvalue weighted by atomic mass is 32.1. The van der Waals surface area contributed by atoms with E-state index in [4.69, 9.17) is 18.9 Å². The number of carbonyl (C=O) groups is 2. The highest BCUT2D eigenvalue weighted by molar-refractivity contribution is 7.15. The smallest absolute Gasteiger partial charge is 0.231 e. The van der Waals surface area contributed by atoms with Crippen molar-refractivity contribution in [3.63, 3.8) is 0 Å². The van der Waals surface area contributed by atoms with Gasteiger partial charge >= 0.3 is 0 Å². The minimum absolute atomic E-state index is 0.0802. The Hall–Kier alpha value is -4.10. The molecule has 0 radical (unpaired) electrons. The third-order valence-electron chi connectivity index (χ3n) is 6.24. The van der Waals surface area contributed by atoms with E-state index < -0.39 is 0 Å². The quantitative estimate of drug-likeness (QED) is 0.246. The molecule has 0 unspecified atom stereocenters. The summed E-state index contributed by atoms with van der Waals surface area (Å²) in [6, 6.07) is 11.0. The Balaban J connectivity index is 0.900. The van der Waals surface area contributed by atoms with E-state index in [0.717, 1.165) is 51.8 Å². The van der Waals surface area contributed by atoms with Crippen LogP contribution in [0.15, 0.2) is 36.4 Å². The van der Waals surface area contributed by atoms with Gasteiger partial charge in [0.1, 0.15) is 20.8 Å². The van der Waals surface area contributed by atoms with Gasteiger partial charge in [0.2, 0.25) is 24.6 Å². The number of anilines is 1. The normalized spacial score (nSPS) is 13.0. The number of aromatic nitrogens is 4. The van der Waals surface area contributed by atoms with Gasteiger partial charge in [0.25, 0.3) is 0 Å². The molecule has 1 amide bonds. The van der Waals surface area contributed by atoms with Crippen LogP contribution in [0.4, 0.5) is 5.13 Å². The average molecular weight is 580 g/mol. The lowest BCUT2D eigenvalue weighted by molar-refractivity contribution is -0.118. The van der Waals surface area contributed by atoms with Crippen LogP contribution in [-0.2, 0) is 41.7 Å². The lowest BCUT2D eigenvalue weighted by atomic mass is 10.1. The van der Waals surface area contributed by atoms with Gasteiger partial charge in [0, 0.05) is 19.3 Å². The lowest BCUT2D eigenvalue weighted by Crippen LogP contribution is -2.14. The number of carbonyl (C=O) groups excluding carboxylic acids is 2. The Labute approximate surface area is 237 Å². The number of benzene rings is 2. The van der Waals surface area contributed by atoms with Crippen molar-refractivity contribution in [1.29, 1.82) is 0 Å². The van der Waals surface area contributed by atoms with Crippen LogP contribution in [0.2, 0.25) is 0 Å². The molecule has 6 rings (SSSR count). The first-order chi connectivity index (χ1) is 19.6. The fourth-order valence-corrected chi connectivity index (χ4v) is 6.04. The molecule has 4 heterocycles. The Kier molecular flexibility index (Phi) is 7.82. The zero-order chi connectivity index (χ0) is 27.3. The fraction of sp³-hybridized carbons (Fsp3) is 0.333. The molecule has 1 N–H and O–H groups in total. The van der Waals surface area contributed by atoms with E-state index in [1.807, 2.05) is 30.3 Å². The molecule has 206 valence electrons. The molecule has 40 heavy (non-hydrogen) atoms. The van der Waals surface area contributed by atoms with Crippen molar-refractivity contribution >= 4 is 39.5 Å². The van der Waals surface area contributed by atoms with Crippen molar-refractivity contribution in [3.05, 3.63) is 62.5 Å². The summed E-state index contributed by atoms with van der Waals surface area (Å²) < 4.78 is 21.4. The zero-order valence-corrected chi connectivity index (χ0v) is 23.0. The van der Waals surface area contributed by atoms with Crippen LogP contribution >= 0.6 is 22.7 Å². The Morgan fingerprint density at radius 1 is 0.675 bits per heavy atom. The van der Waals surface area contributed by atoms with E-state index in [1.54, 1.807) is 6.07 Å². The molecule has 2 aliphatic heterocycles. The monoisotopic (exact) mass is 579 g/mol. The number of hydrogen-bond acceptors (Lipinski definition) is 12. The van der Waals surface area contributed by atoms with Gasteiger partial charge in [-0.1, -0.05) is 23.5 Å². The second-order valence-electron chi connectivity index (χ2n) is 9.29. The number of aryl methyl sites for hydroxylation is 2. The van der Waals surface area contributed by atoms with Crippen molar-refractivity contribution in [2.75, 3.05) is 18.9 Å². The molecular weight excluding hydrogens is 554 g/mol. The summed E-state index contributed by atoms with van der Waals surface area (Å²) in [5, 5.41) is 22.6. The van der Waals surface area contributed by atoms with Crippen LogP contribution in [0, 0.1) is 0 Å². The third kappa shape index (κ3) is 6.54. The van der Waals surface area contributed by atoms with Crippen LogP contribution in [0.1, 0.15) is 39.0 Å². The largest absolute Gasteiger partial charge is 0.454 e. The Morgan fingerprint density at radius 2 is 1.25 bits per heavy atom. The minimum Gasteiger partial charge on any atom is -0.454 e. The summed E-state index contributed by atoms with van der Waals surface area (Å²) in [4.78, 5) is 25.0. The molecule has 0 spiro atoms. The number of nitrogens with zero attached hydrogens (tertiary/aromatic N) is 4. The van der Waals surface area contributed by atoms with E-state index in [0.29, 0.717) is 34.6 Å². The summed E-state index contributed by atoms with van der Waals surface area (Å²) in [5.74, 6) is 2.64. The van der Waals surface area contributed by atoms with Crippen LogP contribution < -0.4 is 24.3 Å². The van der Waals surface area contributed by atoms with Gasteiger partial charge in [0.15, 0.2) is 23.0 Å². The average Bonchev–Trinajstić information content (AvgIpc) is 3.74. The molecule has 0 atom stereocenters. The Bertz CT molecular complexity index is 1420. The molecule has 2 aromatic heterocycles. The van der Waals surface area contributed by atoms with Gasteiger partial charge in [-0.25, -0.2) is 0 Å². The SMILES string of the molecule is O=C(Cc1ccc2c(c1)OCO2)Cc1nnc(CCCCc2nnc(NC(=O)Cc3ccc4c(c3)OCO4)s2)s1. The maximum Gasteiger partial charge on any atom is 0.231 e. The summed E-state index contributed by atoms with van der Waals surface area (Å²) >= 11 is 2.86. The summed E-state index contributed by atoms with van der Waals surface area (Å²) in [7, 11) is 0. The van der Waals surface area contributed by atoms with Gasteiger partial charge in [0.05, 0.1) is 12.8 Å². The topological polar surface area (TPSA) is 135 Å². The molecule has 0 aliphatic carbocycles. The number of ether oxygens (including phenoxy) is 4. The maximum atomic E-state index is 12.5. The number of nitrogens with one attached hydrogen (secondary N) is 1. The van der Waals surface area contributed by atoms with Gasteiger partial charge in [-0.2, -0.15) is 0 Å². The maximum absolute atomic E-state index is 12.5. The van der Waals surface area contributed by atoms with Gasteiger partial charge in [-0.05, 0) is 48.2 Å². The lowest BCUT2D eigenvalue weighted by Gasteiger charge is -2.03. The molecule has 13 heteroatoms. The molecule has 0 saturated carbocycles. The summed E-state index contributed by atoms with van der Waals surface area (Å²) in [6.45, 7) is 0.413. The van der Waals surface area contributed by atoms with Crippen LogP contribution in [0.5, 0.6) is 23.0 Å². The van der Waals surface area contributed by atoms with Crippen LogP contribution in [0.25, 0.3) is 0 Å². The number of rotatable bonds is 12. The number of amides is 1. The predicted octanol–water partition coefficient (Wildman–Crippen LogP) is 3.95. The van der Waals surface area contributed by atoms with Crippen molar-refractivity contribution < 1.29 is 28.5 Å². The summed E-state index contributed by atoms with van der Waals surface area (Å²) in [5.41, 5.74) is 1.73. The number of fused-ring (bicyclic) bond motifs is 2. The predicted molar refractivity (Wildman–Crippen MR) is 146 cm³/mol. The van der Waals surface area contributed by atoms with Gasteiger partial charge < -0.3 is 24.3 Å². The van der Waals surface area contributed by atoms with Crippen molar-refractivity contribution in [3.8, 4) is 23.0 Å². The standard InChI is InChI=1S/C27H25N5O6S2/c33-18(9-16-5-7-19-21(10-16)37-14-35-19)13-26-31-29-24(39-26)3-1-2-4-25-30-32-27(40-25)28-23(34)12-17-6-8-20-22(11-17)38-15-36-20/h5-8,10-11H,1-4,9,12-15H2,(H,28,32,34). The van der Waals surface area contributed by atoms with Crippen molar-refractivity contribution in [2.24, 2.45) is 0 Å². The molecule has 0 bridgehead atoms. The number of hydrogen-bond donors (Lipinski definition) is 1. The summed E-state index contributed by atoms with van der Waals surface area (Å²) in [6.07, 6.45) is 4.14. The van der Waals surface area contributed by atoms with Crippen LogP contribution in [-0.4, -0.2) is 45.7 Å². The van der Waals surface area contributed by atoms with Crippen molar-refractivity contribution in [1.82, 2.24) is 20.4 Å². The zero-order valence-electron chi connectivity index (χ0n) is 21.4. The molecule has 0 fully saturated rings. The van der Waals surface area contributed by atoms with Gasteiger partial charge in [-0.3, -0.25) is 9.59 Å². The minimum atomic E-state index is -0.164. The first-order valence-corrected chi connectivity index (χ1v) is 14.4. The van der Waals surface area contributed by atoms with Crippen molar-refractivity contribution in [2.45, 2.75) is 44.9 Å². The van der Waals surface area contributed by atoms with E-state index in [1.165, 1.54) is 22.7 Å². The molecular formula is C27H25N5O6S2. The van der Waals surface area contributed by atoms with Crippen LogP contribution in [0.3, 0.4) is 0 Å².